The highest BCUT2D eigenvalue weighted by Gasteiger charge is 2.24. The first kappa shape index (κ1) is 17.2. The number of carbonyl (C=O) groups excluding carboxylic acids is 1. The predicted molar refractivity (Wildman–Crippen MR) is 103 cm³/mol. The van der Waals surface area contributed by atoms with Crippen molar-refractivity contribution in [3.05, 3.63) is 50.9 Å². The predicted octanol–water partition coefficient (Wildman–Crippen LogP) is 4.69. The summed E-state index contributed by atoms with van der Waals surface area (Å²) in [6.45, 7) is 4.53. The minimum absolute atomic E-state index is 0.0796. The topological polar surface area (TPSA) is 45.6 Å². The quantitative estimate of drug-likeness (QED) is 0.729. The van der Waals surface area contributed by atoms with Crippen LogP contribution in [-0.4, -0.2) is 33.3 Å². The van der Waals surface area contributed by atoms with Gasteiger partial charge in [-0.3, -0.25) is 9.69 Å². The van der Waals surface area contributed by atoms with E-state index in [2.05, 4.69) is 9.98 Å². The standard InChI is InChI=1S/C17H16ClN3OS2/c1-11-14(18)4-3-5-15(11)20-17-21(8-9-23-17)16(22)7-6-13-10-24-12(2)19-13/h3-7,10H,8-9H2,1-2H3. The van der Waals surface area contributed by atoms with E-state index in [1.54, 1.807) is 40.2 Å². The van der Waals surface area contributed by atoms with Gasteiger partial charge in [0.2, 0.25) is 0 Å². The van der Waals surface area contributed by atoms with Crippen LogP contribution in [0.15, 0.2) is 34.6 Å². The first-order valence-electron chi connectivity index (χ1n) is 7.43. The van der Waals surface area contributed by atoms with E-state index in [0.717, 1.165) is 27.7 Å². The largest absolute Gasteiger partial charge is 0.287 e. The molecule has 1 aliphatic heterocycles. The molecule has 0 saturated carbocycles. The number of benzene rings is 1. The van der Waals surface area contributed by atoms with Gasteiger partial charge in [0.1, 0.15) is 0 Å². The minimum atomic E-state index is -0.0796. The number of rotatable bonds is 3. The summed E-state index contributed by atoms with van der Waals surface area (Å²) in [4.78, 5) is 23.1. The highest BCUT2D eigenvalue weighted by atomic mass is 35.5. The number of amides is 1. The number of aromatic nitrogens is 1. The number of thiazole rings is 1. The summed E-state index contributed by atoms with van der Waals surface area (Å²) < 4.78 is 0. The Balaban J connectivity index is 1.80. The lowest BCUT2D eigenvalue weighted by atomic mass is 10.2. The lowest BCUT2D eigenvalue weighted by Gasteiger charge is -2.14. The van der Waals surface area contributed by atoms with Crippen LogP contribution in [-0.2, 0) is 4.79 Å². The summed E-state index contributed by atoms with van der Waals surface area (Å²) in [7, 11) is 0. The van der Waals surface area contributed by atoms with E-state index in [1.807, 2.05) is 37.4 Å². The molecule has 0 unspecified atom stereocenters. The number of carbonyl (C=O) groups is 1. The van der Waals surface area contributed by atoms with Gasteiger partial charge in [-0.1, -0.05) is 29.4 Å². The van der Waals surface area contributed by atoms with Crippen LogP contribution < -0.4 is 0 Å². The molecule has 7 heteroatoms. The molecule has 1 aromatic heterocycles. The monoisotopic (exact) mass is 377 g/mol. The van der Waals surface area contributed by atoms with Crippen molar-refractivity contribution in [1.29, 1.82) is 0 Å². The van der Waals surface area contributed by atoms with Gasteiger partial charge in [-0.2, -0.15) is 0 Å². The number of aliphatic imine (C=N–C) groups is 1. The van der Waals surface area contributed by atoms with E-state index >= 15 is 0 Å². The Labute approximate surface area is 154 Å². The number of nitrogens with zero attached hydrogens (tertiary/aromatic N) is 3. The SMILES string of the molecule is Cc1nc(C=CC(=O)N2CCSC2=Nc2cccc(Cl)c2C)cs1. The summed E-state index contributed by atoms with van der Waals surface area (Å²) in [5, 5.41) is 4.31. The van der Waals surface area contributed by atoms with Gasteiger partial charge in [-0.05, 0) is 37.6 Å². The van der Waals surface area contributed by atoms with Gasteiger partial charge in [-0.25, -0.2) is 9.98 Å². The highest BCUT2D eigenvalue weighted by molar-refractivity contribution is 8.14. The fourth-order valence-corrected chi connectivity index (χ4v) is 3.93. The minimum Gasteiger partial charge on any atom is -0.287 e. The van der Waals surface area contributed by atoms with Crippen molar-refractivity contribution in [2.75, 3.05) is 12.3 Å². The van der Waals surface area contributed by atoms with Crippen molar-refractivity contribution >= 4 is 57.5 Å². The zero-order chi connectivity index (χ0) is 17.1. The van der Waals surface area contributed by atoms with Crippen LogP contribution in [0.3, 0.4) is 0 Å². The molecule has 1 aliphatic rings. The van der Waals surface area contributed by atoms with Crippen LogP contribution in [0.2, 0.25) is 5.02 Å². The Morgan fingerprint density at radius 2 is 2.25 bits per heavy atom. The average Bonchev–Trinajstić information content (AvgIpc) is 3.18. The van der Waals surface area contributed by atoms with Crippen LogP contribution >= 0.6 is 34.7 Å². The summed E-state index contributed by atoms with van der Waals surface area (Å²) in [6, 6.07) is 5.61. The molecule has 0 N–H and O–H groups in total. The highest BCUT2D eigenvalue weighted by Crippen LogP contribution is 2.29. The van der Waals surface area contributed by atoms with Gasteiger partial charge in [0.15, 0.2) is 5.17 Å². The van der Waals surface area contributed by atoms with Crippen LogP contribution in [0.4, 0.5) is 5.69 Å². The number of hydrogen-bond donors (Lipinski definition) is 0. The van der Waals surface area contributed by atoms with Gasteiger partial charge < -0.3 is 0 Å². The molecule has 4 nitrogen and oxygen atoms in total. The second kappa shape index (κ2) is 7.51. The molecule has 1 fully saturated rings. The molecule has 0 aliphatic carbocycles. The van der Waals surface area contributed by atoms with Gasteiger partial charge in [-0.15, -0.1) is 11.3 Å². The molecule has 0 spiro atoms. The molecule has 0 bridgehead atoms. The van der Waals surface area contributed by atoms with Gasteiger partial charge >= 0.3 is 0 Å². The number of thioether (sulfide) groups is 1. The third kappa shape index (κ3) is 3.88. The summed E-state index contributed by atoms with van der Waals surface area (Å²) in [5.74, 6) is 0.762. The summed E-state index contributed by atoms with van der Waals surface area (Å²) >= 11 is 9.29. The molecule has 0 atom stereocenters. The van der Waals surface area contributed by atoms with Crippen molar-refractivity contribution in [3.8, 4) is 0 Å². The molecule has 0 radical (unpaired) electrons. The van der Waals surface area contributed by atoms with Gasteiger partial charge in [0.25, 0.3) is 5.91 Å². The van der Waals surface area contributed by atoms with Crippen LogP contribution in [0.5, 0.6) is 0 Å². The molecule has 2 aromatic rings. The molecule has 24 heavy (non-hydrogen) atoms. The van der Waals surface area contributed by atoms with E-state index in [0.29, 0.717) is 16.7 Å². The van der Waals surface area contributed by atoms with Crippen molar-refractivity contribution in [1.82, 2.24) is 9.88 Å². The van der Waals surface area contributed by atoms with Crippen LogP contribution in [0, 0.1) is 13.8 Å². The normalized spacial score (nSPS) is 16.5. The smallest absolute Gasteiger partial charge is 0.252 e. The number of aryl methyl sites for hydroxylation is 1. The molecular weight excluding hydrogens is 362 g/mol. The molecule has 2 heterocycles. The van der Waals surface area contributed by atoms with E-state index in [4.69, 9.17) is 11.6 Å². The molecular formula is C17H16ClN3OS2. The van der Waals surface area contributed by atoms with Crippen molar-refractivity contribution in [3.63, 3.8) is 0 Å². The number of hydrogen-bond acceptors (Lipinski definition) is 5. The summed E-state index contributed by atoms with van der Waals surface area (Å²) in [6.07, 6.45) is 3.30. The van der Waals surface area contributed by atoms with Gasteiger partial charge in [0, 0.05) is 28.8 Å². The second-order valence-corrected chi connectivity index (χ2v) is 7.77. The first-order chi connectivity index (χ1) is 11.5. The Kier molecular flexibility index (Phi) is 5.38. The third-order valence-corrected chi connectivity index (χ3v) is 5.69. The zero-order valence-corrected chi connectivity index (χ0v) is 15.7. The Bertz CT molecular complexity index is 829. The Morgan fingerprint density at radius 3 is 3.00 bits per heavy atom. The average molecular weight is 378 g/mol. The van der Waals surface area contributed by atoms with Gasteiger partial charge in [0.05, 0.1) is 16.4 Å². The van der Waals surface area contributed by atoms with E-state index in [9.17, 15) is 4.79 Å². The second-order valence-electron chi connectivity index (χ2n) is 5.24. The maximum Gasteiger partial charge on any atom is 0.252 e. The summed E-state index contributed by atoms with van der Waals surface area (Å²) in [5.41, 5.74) is 2.52. The fraction of sp³-hybridized carbons (Fsp3) is 0.235. The molecule has 1 aromatic carbocycles. The van der Waals surface area contributed by atoms with E-state index < -0.39 is 0 Å². The first-order valence-corrected chi connectivity index (χ1v) is 9.67. The van der Waals surface area contributed by atoms with Crippen molar-refractivity contribution in [2.24, 2.45) is 4.99 Å². The van der Waals surface area contributed by atoms with E-state index in [1.165, 1.54) is 0 Å². The zero-order valence-electron chi connectivity index (χ0n) is 13.3. The Morgan fingerprint density at radius 1 is 1.42 bits per heavy atom. The molecule has 1 amide bonds. The van der Waals surface area contributed by atoms with Crippen molar-refractivity contribution < 1.29 is 4.79 Å². The lowest BCUT2D eigenvalue weighted by Crippen LogP contribution is -2.30. The van der Waals surface area contributed by atoms with Crippen molar-refractivity contribution in [2.45, 2.75) is 13.8 Å². The maximum absolute atomic E-state index is 12.5. The van der Waals surface area contributed by atoms with E-state index in [-0.39, 0.29) is 5.91 Å². The molecule has 124 valence electrons. The maximum atomic E-state index is 12.5. The Hall–Kier alpha value is -1.63. The van der Waals surface area contributed by atoms with Crippen LogP contribution in [0.25, 0.3) is 6.08 Å². The number of amidine groups is 1. The fourth-order valence-electron chi connectivity index (χ4n) is 2.22. The third-order valence-electron chi connectivity index (χ3n) is 3.53. The molecule has 3 rings (SSSR count). The van der Waals surface area contributed by atoms with Crippen LogP contribution in [0.1, 0.15) is 16.3 Å². The molecule has 1 saturated heterocycles. The lowest BCUT2D eigenvalue weighted by molar-refractivity contribution is -0.121. The number of halogens is 1.